The minimum absolute atomic E-state index is 0.00967. The molecule has 0 aromatic carbocycles. The molecule has 39 heavy (non-hydrogen) atoms. The van der Waals surface area contributed by atoms with Gasteiger partial charge >= 0.3 is 5.97 Å². The molecular weight excluding hydrogens is 484 g/mol. The molecule has 0 radical (unpaired) electrons. The Morgan fingerprint density at radius 1 is 0.410 bits per heavy atom. The monoisotopic (exact) mass is 550 g/mol. The highest BCUT2D eigenvalue weighted by molar-refractivity contribution is 5.88. The Morgan fingerprint density at radius 2 is 0.641 bits per heavy atom. The smallest absolute Gasteiger partial charge is 0.333 e. The van der Waals surface area contributed by atoms with E-state index in [2.05, 4.69) is 0 Å². The van der Waals surface area contributed by atoms with Gasteiger partial charge in [0.2, 0.25) is 0 Å². The van der Waals surface area contributed by atoms with Crippen LogP contribution in [0, 0.1) is 5.92 Å². The average molecular weight is 551 g/mol. The van der Waals surface area contributed by atoms with Crippen LogP contribution in [-0.2, 0) is 4.79 Å². The first-order chi connectivity index (χ1) is 19.2. The maximum absolute atomic E-state index is 11.1. The molecule has 230 valence electrons. The number of hydrogen-bond acceptors (Lipinski definition) is 3. The summed E-state index contributed by atoms with van der Waals surface area (Å²) in [7, 11) is 0. The van der Waals surface area contributed by atoms with Crippen molar-refractivity contribution in [3.05, 3.63) is 11.1 Å². The molecule has 3 fully saturated rings. The van der Waals surface area contributed by atoms with Crippen molar-refractivity contribution in [3.63, 3.8) is 0 Å². The van der Waals surface area contributed by atoms with Crippen LogP contribution in [0.3, 0.4) is 0 Å². The third-order valence-corrected chi connectivity index (χ3v) is 9.07. The van der Waals surface area contributed by atoms with E-state index in [4.69, 9.17) is 5.11 Å². The first-order valence-electron chi connectivity index (χ1n) is 17.4. The van der Waals surface area contributed by atoms with Crippen LogP contribution in [-0.4, -0.2) is 34.5 Å². The van der Waals surface area contributed by atoms with Crippen molar-refractivity contribution in [1.82, 2.24) is 0 Å². The second-order valence-corrected chi connectivity index (χ2v) is 12.4. The van der Waals surface area contributed by atoms with E-state index in [-0.39, 0.29) is 18.1 Å². The predicted octanol–water partition coefficient (Wildman–Crippen LogP) is 10.3. The molecular formula is C35H66O4. The molecule has 0 atom stereocenters. The van der Waals surface area contributed by atoms with Crippen molar-refractivity contribution in [1.29, 1.82) is 0 Å². The Hall–Kier alpha value is -0.870. The number of aliphatic hydroxyl groups is 2. The molecule has 0 aromatic rings. The third kappa shape index (κ3) is 20.6. The van der Waals surface area contributed by atoms with Crippen LogP contribution >= 0.6 is 0 Å². The number of rotatable bonds is 4. The maximum atomic E-state index is 11.1. The molecule has 0 unspecified atom stereocenters. The Balaban J connectivity index is 0.000000320. The number of carbonyl (C=O) groups is 1. The highest BCUT2D eigenvalue weighted by atomic mass is 16.4. The highest BCUT2D eigenvalue weighted by Gasteiger charge is 2.21. The zero-order valence-corrected chi connectivity index (χ0v) is 25.7. The minimum Gasteiger partial charge on any atom is -0.478 e. The lowest BCUT2D eigenvalue weighted by atomic mass is 9.84. The predicted molar refractivity (Wildman–Crippen MR) is 166 cm³/mol. The second-order valence-electron chi connectivity index (χ2n) is 12.4. The van der Waals surface area contributed by atoms with Crippen molar-refractivity contribution in [3.8, 4) is 0 Å². The molecule has 3 saturated carbocycles. The summed E-state index contributed by atoms with van der Waals surface area (Å²) in [6, 6.07) is 0. The van der Waals surface area contributed by atoms with E-state index < -0.39 is 12.6 Å². The van der Waals surface area contributed by atoms with Crippen molar-refractivity contribution in [2.24, 2.45) is 5.92 Å². The molecule has 0 saturated heterocycles. The number of hydrogen-bond donors (Lipinski definition) is 3. The van der Waals surface area contributed by atoms with Gasteiger partial charge in [-0.1, -0.05) is 173 Å². The van der Waals surface area contributed by atoms with Crippen molar-refractivity contribution in [2.75, 3.05) is 13.2 Å². The summed E-state index contributed by atoms with van der Waals surface area (Å²) in [5, 5.41) is 27.8. The van der Waals surface area contributed by atoms with Gasteiger partial charge in [0.1, 0.15) is 0 Å². The summed E-state index contributed by atoms with van der Waals surface area (Å²) in [5.74, 6) is -0.995. The third-order valence-electron chi connectivity index (χ3n) is 9.07. The van der Waals surface area contributed by atoms with E-state index >= 15 is 0 Å². The van der Waals surface area contributed by atoms with Gasteiger partial charge in [-0.05, 0) is 24.3 Å². The summed E-state index contributed by atoms with van der Waals surface area (Å²) in [6.07, 6.45) is 40.1. The van der Waals surface area contributed by atoms with Gasteiger partial charge < -0.3 is 15.3 Å². The summed E-state index contributed by atoms with van der Waals surface area (Å²) >= 11 is 0. The van der Waals surface area contributed by atoms with E-state index in [1.165, 1.54) is 161 Å². The van der Waals surface area contributed by atoms with E-state index in [1.54, 1.807) is 0 Å². The molecule has 0 spiro atoms. The Kier molecular flexibility index (Phi) is 25.3. The zero-order chi connectivity index (χ0) is 28.2. The number of aliphatic hydroxyl groups excluding tert-OH is 2. The molecule has 3 aliphatic rings. The van der Waals surface area contributed by atoms with Crippen LogP contribution < -0.4 is 0 Å². The molecule has 0 amide bonds. The fourth-order valence-corrected chi connectivity index (χ4v) is 6.47. The molecule has 0 aromatic heterocycles. The van der Waals surface area contributed by atoms with Crippen LogP contribution in [0.5, 0.6) is 0 Å². The van der Waals surface area contributed by atoms with Gasteiger partial charge in [0.25, 0.3) is 0 Å². The quantitative estimate of drug-likeness (QED) is 0.304. The summed E-state index contributed by atoms with van der Waals surface area (Å²) in [5.41, 5.74) is 0.528. The van der Waals surface area contributed by atoms with Gasteiger partial charge in [0.15, 0.2) is 0 Å². The van der Waals surface area contributed by atoms with Crippen LogP contribution in [0.2, 0.25) is 0 Å². The van der Waals surface area contributed by atoms with Gasteiger partial charge in [0.05, 0.1) is 18.8 Å². The molecule has 3 aliphatic carbocycles. The van der Waals surface area contributed by atoms with Crippen LogP contribution in [0.4, 0.5) is 0 Å². The Labute approximate surface area is 242 Å². The second kappa shape index (κ2) is 27.3. The van der Waals surface area contributed by atoms with Gasteiger partial charge in [-0.25, -0.2) is 4.79 Å². The van der Waals surface area contributed by atoms with E-state index in [1.807, 2.05) is 0 Å². The molecule has 0 aliphatic heterocycles. The first-order valence-corrected chi connectivity index (χ1v) is 17.4. The lowest BCUT2D eigenvalue weighted by molar-refractivity contribution is -0.133. The normalized spacial score (nSPS) is 22.4. The van der Waals surface area contributed by atoms with Gasteiger partial charge in [-0.2, -0.15) is 0 Å². The van der Waals surface area contributed by atoms with E-state index in [9.17, 15) is 15.0 Å². The number of carboxylic acids is 1. The standard InChI is InChI=1S/C15H26O4.2C10H20/c16-10-13(14(11-17)15(18)19)12-8-6-4-2-1-3-5-7-9-12;2*1-2-4-6-8-10-9-7-5-3-1/h12,16-17H,1-11H2,(H,18,19);2*1-10H2. The first kappa shape index (κ1) is 36.2. The molecule has 0 bridgehead atoms. The summed E-state index contributed by atoms with van der Waals surface area (Å²) < 4.78 is 0. The van der Waals surface area contributed by atoms with E-state index in [0.717, 1.165) is 25.7 Å². The molecule has 3 rings (SSSR count). The van der Waals surface area contributed by atoms with Gasteiger partial charge in [0, 0.05) is 0 Å². The SMILES string of the molecule is C1CCCCCCCCC1.C1CCCCCCCCC1.O=C(O)C(CO)=C(CO)C1CCCCCCCCC1. The average Bonchev–Trinajstić information content (AvgIpc) is 2.97. The fourth-order valence-electron chi connectivity index (χ4n) is 6.47. The Bertz CT molecular complexity index is 489. The highest BCUT2D eigenvalue weighted by Crippen LogP contribution is 2.29. The molecule has 4 heteroatoms. The zero-order valence-electron chi connectivity index (χ0n) is 25.7. The van der Waals surface area contributed by atoms with Crippen molar-refractivity contribution in [2.45, 2.75) is 186 Å². The molecule has 3 N–H and O–H groups in total. The topological polar surface area (TPSA) is 77.8 Å². The van der Waals surface area contributed by atoms with Crippen LogP contribution in [0.15, 0.2) is 11.1 Å². The largest absolute Gasteiger partial charge is 0.478 e. The van der Waals surface area contributed by atoms with Crippen molar-refractivity contribution < 1.29 is 20.1 Å². The lowest BCUT2D eigenvalue weighted by Crippen LogP contribution is -2.18. The molecule has 4 nitrogen and oxygen atoms in total. The molecule has 0 heterocycles. The number of carboxylic acid groups (broad SMARTS) is 1. The van der Waals surface area contributed by atoms with E-state index in [0.29, 0.717) is 5.57 Å². The fraction of sp³-hybridized carbons (Fsp3) is 0.914. The van der Waals surface area contributed by atoms with Gasteiger partial charge in [-0.15, -0.1) is 0 Å². The lowest BCUT2D eigenvalue weighted by Gasteiger charge is -2.22. The summed E-state index contributed by atoms with van der Waals surface area (Å²) in [4.78, 5) is 11.1. The minimum atomic E-state index is -1.11. The Morgan fingerprint density at radius 3 is 0.821 bits per heavy atom. The van der Waals surface area contributed by atoms with Crippen molar-refractivity contribution >= 4 is 5.97 Å². The van der Waals surface area contributed by atoms with Crippen LogP contribution in [0.1, 0.15) is 186 Å². The maximum Gasteiger partial charge on any atom is 0.333 e. The number of aliphatic carboxylic acids is 1. The van der Waals surface area contributed by atoms with Crippen LogP contribution in [0.25, 0.3) is 0 Å². The summed E-state index contributed by atoms with van der Waals surface area (Å²) in [6.45, 7) is -0.755. The van der Waals surface area contributed by atoms with Gasteiger partial charge in [-0.3, -0.25) is 0 Å².